The van der Waals surface area contributed by atoms with Crippen LogP contribution in [0.1, 0.15) is 5.82 Å². The summed E-state index contributed by atoms with van der Waals surface area (Å²) in [7, 11) is 3.70. The molecule has 0 aliphatic carbocycles. The van der Waals surface area contributed by atoms with Crippen molar-refractivity contribution in [3.8, 4) is 0 Å². The number of benzene rings is 1. The van der Waals surface area contributed by atoms with E-state index in [9.17, 15) is 5.11 Å². The Hall–Kier alpha value is -2.41. The van der Waals surface area contributed by atoms with Gasteiger partial charge in [-0.15, -0.1) is 0 Å². The van der Waals surface area contributed by atoms with E-state index in [1.165, 1.54) is 0 Å². The Morgan fingerprint density at radius 1 is 1.10 bits per heavy atom. The van der Waals surface area contributed by atoms with Crippen molar-refractivity contribution < 1.29 is 5.11 Å². The topological polar surface area (TPSA) is 91.4 Å². The number of nitrogen functional groups attached to an aromatic ring is 1. The maximum atomic E-state index is 9.25. The summed E-state index contributed by atoms with van der Waals surface area (Å²) in [4.78, 5) is 16.4. The average molecular weight is 288 g/mol. The minimum absolute atomic E-state index is 0.0516. The lowest BCUT2D eigenvalue weighted by atomic mass is 10.3. The molecule has 2 rings (SSSR count). The number of hydrogen-bond acceptors (Lipinski definition) is 7. The van der Waals surface area contributed by atoms with E-state index in [2.05, 4.69) is 15.0 Å². The van der Waals surface area contributed by atoms with Crippen LogP contribution in [0, 0.1) is 0 Å². The van der Waals surface area contributed by atoms with Crippen molar-refractivity contribution in [2.24, 2.45) is 0 Å². The van der Waals surface area contributed by atoms with Gasteiger partial charge in [0.2, 0.25) is 11.9 Å². The van der Waals surface area contributed by atoms with E-state index >= 15 is 0 Å². The largest absolute Gasteiger partial charge is 0.395 e. The molecule has 0 aliphatic heterocycles. The SMILES string of the molecule is CN(C)c1nc(N)nc(CN(CCO)c2ccccc2)n1. The molecule has 0 aliphatic rings. The summed E-state index contributed by atoms with van der Waals surface area (Å²) in [6.07, 6.45) is 0. The number of hydrogen-bond donors (Lipinski definition) is 2. The third-order valence-corrected chi connectivity index (χ3v) is 2.91. The highest BCUT2D eigenvalue weighted by Crippen LogP contribution is 2.16. The fourth-order valence-corrected chi connectivity index (χ4v) is 1.93. The number of rotatable bonds is 6. The lowest BCUT2D eigenvalue weighted by Gasteiger charge is -2.23. The van der Waals surface area contributed by atoms with E-state index < -0.39 is 0 Å². The molecule has 0 spiro atoms. The first-order valence-corrected chi connectivity index (χ1v) is 6.68. The molecule has 1 aromatic heterocycles. The van der Waals surface area contributed by atoms with Crippen LogP contribution in [-0.4, -0.2) is 47.3 Å². The molecule has 7 heteroatoms. The number of aromatic nitrogens is 3. The van der Waals surface area contributed by atoms with Gasteiger partial charge in [0.1, 0.15) is 0 Å². The average Bonchev–Trinajstić information content (AvgIpc) is 2.47. The number of nitrogens with two attached hydrogens (primary N) is 1. The zero-order valence-corrected chi connectivity index (χ0v) is 12.3. The van der Waals surface area contributed by atoms with Crippen molar-refractivity contribution in [2.75, 3.05) is 42.8 Å². The van der Waals surface area contributed by atoms with E-state index in [4.69, 9.17) is 5.73 Å². The lowest BCUT2D eigenvalue weighted by Crippen LogP contribution is -2.28. The fraction of sp³-hybridized carbons (Fsp3) is 0.357. The third-order valence-electron chi connectivity index (χ3n) is 2.91. The van der Waals surface area contributed by atoms with Crippen LogP contribution in [0.25, 0.3) is 0 Å². The molecule has 1 heterocycles. The molecule has 0 amide bonds. The second-order valence-electron chi connectivity index (χ2n) is 4.78. The third kappa shape index (κ3) is 4.03. The first kappa shape index (κ1) is 15.0. The summed E-state index contributed by atoms with van der Waals surface area (Å²) in [6.45, 7) is 1.00. The van der Waals surface area contributed by atoms with Crippen molar-refractivity contribution in [3.05, 3.63) is 36.2 Å². The van der Waals surface area contributed by atoms with Crippen LogP contribution in [0.3, 0.4) is 0 Å². The molecule has 1 aromatic carbocycles. The van der Waals surface area contributed by atoms with Gasteiger partial charge in [0.25, 0.3) is 0 Å². The number of para-hydroxylation sites is 1. The molecule has 0 bridgehead atoms. The maximum absolute atomic E-state index is 9.25. The van der Waals surface area contributed by atoms with Gasteiger partial charge < -0.3 is 20.6 Å². The minimum Gasteiger partial charge on any atom is -0.395 e. The summed E-state index contributed by atoms with van der Waals surface area (Å²) >= 11 is 0. The van der Waals surface area contributed by atoms with Crippen LogP contribution < -0.4 is 15.5 Å². The van der Waals surface area contributed by atoms with Crippen molar-refractivity contribution in [1.29, 1.82) is 0 Å². The highest BCUT2D eigenvalue weighted by molar-refractivity contribution is 5.46. The zero-order valence-electron chi connectivity index (χ0n) is 12.3. The zero-order chi connectivity index (χ0) is 15.2. The summed E-state index contributed by atoms with van der Waals surface area (Å²) in [6, 6.07) is 9.81. The van der Waals surface area contributed by atoms with E-state index in [1.807, 2.05) is 49.3 Å². The van der Waals surface area contributed by atoms with E-state index in [0.29, 0.717) is 24.9 Å². The molecule has 0 unspecified atom stereocenters. The predicted molar refractivity (Wildman–Crippen MR) is 83.1 cm³/mol. The number of nitrogens with zero attached hydrogens (tertiary/aromatic N) is 5. The Bertz CT molecular complexity index is 575. The predicted octanol–water partition coefficient (Wildman–Crippen LogP) is 0.519. The van der Waals surface area contributed by atoms with Gasteiger partial charge in [-0.05, 0) is 12.1 Å². The molecule has 2 aromatic rings. The van der Waals surface area contributed by atoms with E-state index in [-0.39, 0.29) is 12.6 Å². The second-order valence-corrected chi connectivity index (χ2v) is 4.78. The first-order valence-electron chi connectivity index (χ1n) is 6.68. The Labute approximate surface area is 124 Å². The summed E-state index contributed by atoms with van der Waals surface area (Å²) in [5.41, 5.74) is 6.73. The van der Waals surface area contributed by atoms with Gasteiger partial charge in [0.15, 0.2) is 5.82 Å². The highest BCUT2D eigenvalue weighted by Gasteiger charge is 2.11. The van der Waals surface area contributed by atoms with Crippen LogP contribution in [0.4, 0.5) is 17.6 Å². The standard InChI is InChI=1S/C14H20N6O/c1-19(2)14-17-12(16-13(15)18-14)10-20(8-9-21)11-6-4-3-5-7-11/h3-7,21H,8-10H2,1-2H3,(H2,15,16,17,18). The minimum atomic E-state index is 0.0516. The van der Waals surface area contributed by atoms with Crippen molar-refractivity contribution >= 4 is 17.6 Å². The molecule has 112 valence electrons. The van der Waals surface area contributed by atoms with Crippen LogP contribution >= 0.6 is 0 Å². The molecular weight excluding hydrogens is 268 g/mol. The summed E-state index contributed by atoms with van der Waals surface area (Å²) < 4.78 is 0. The molecule has 21 heavy (non-hydrogen) atoms. The van der Waals surface area contributed by atoms with Gasteiger partial charge in [0.05, 0.1) is 13.2 Å². The first-order chi connectivity index (χ1) is 10.1. The Morgan fingerprint density at radius 3 is 2.43 bits per heavy atom. The maximum Gasteiger partial charge on any atom is 0.229 e. The van der Waals surface area contributed by atoms with Crippen LogP contribution in [-0.2, 0) is 6.54 Å². The second kappa shape index (κ2) is 6.85. The van der Waals surface area contributed by atoms with Gasteiger partial charge in [0, 0.05) is 26.3 Å². The smallest absolute Gasteiger partial charge is 0.229 e. The van der Waals surface area contributed by atoms with Gasteiger partial charge in [-0.3, -0.25) is 0 Å². The molecule has 0 saturated carbocycles. The fourth-order valence-electron chi connectivity index (χ4n) is 1.93. The van der Waals surface area contributed by atoms with Crippen molar-refractivity contribution in [3.63, 3.8) is 0 Å². The molecular formula is C14H20N6O. The normalized spacial score (nSPS) is 10.4. The number of anilines is 3. The monoisotopic (exact) mass is 288 g/mol. The lowest BCUT2D eigenvalue weighted by molar-refractivity contribution is 0.301. The van der Waals surface area contributed by atoms with Gasteiger partial charge in [-0.25, -0.2) is 0 Å². The van der Waals surface area contributed by atoms with Crippen LogP contribution in [0.2, 0.25) is 0 Å². The van der Waals surface area contributed by atoms with Crippen molar-refractivity contribution in [1.82, 2.24) is 15.0 Å². The van der Waals surface area contributed by atoms with Crippen molar-refractivity contribution in [2.45, 2.75) is 6.54 Å². The molecule has 0 saturated heterocycles. The Morgan fingerprint density at radius 2 is 1.81 bits per heavy atom. The summed E-state index contributed by atoms with van der Waals surface area (Å²) in [5, 5.41) is 9.25. The van der Waals surface area contributed by atoms with Gasteiger partial charge >= 0.3 is 0 Å². The van der Waals surface area contributed by atoms with E-state index in [0.717, 1.165) is 5.69 Å². The Balaban J connectivity index is 2.25. The van der Waals surface area contributed by atoms with Gasteiger partial charge in [-0.2, -0.15) is 15.0 Å². The molecule has 7 nitrogen and oxygen atoms in total. The molecule has 0 radical (unpaired) electrons. The quantitative estimate of drug-likeness (QED) is 0.800. The molecule has 0 atom stereocenters. The van der Waals surface area contributed by atoms with Crippen LogP contribution in [0.15, 0.2) is 30.3 Å². The van der Waals surface area contributed by atoms with Gasteiger partial charge in [-0.1, -0.05) is 18.2 Å². The summed E-state index contributed by atoms with van der Waals surface area (Å²) in [5.74, 6) is 1.29. The molecule has 0 fully saturated rings. The van der Waals surface area contributed by atoms with Crippen LogP contribution in [0.5, 0.6) is 0 Å². The number of aliphatic hydroxyl groups is 1. The highest BCUT2D eigenvalue weighted by atomic mass is 16.3. The molecule has 3 N–H and O–H groups in total. The number of aliphatic hydroxyl groups excluding tert-OH is 1. The Kier molecular flexibility index (Phi) is 4.89. The van der Waals surface area contributed by atoms with E-state index in [1.54, 1.807) is 4.90 Å².